The summed E-state index contributed by atoms with van der Waals surface area (Å²) in [4.78, 5) is 5.00. The van der Waals surface area contributed by atoms with Crippen LogP contribution in [0.5, 0.6) is 5.75 Å². The van der Waals surface area contributed by atoms with Crippen LogP contribution in [0.3, 0.4) is 0 Å². The normalized spacial score (nSPS) is 18.5. The van der Waals surface area contributed by atoms with Crippen molar-refractivity contribution in [2.24, 2.45) is 0 Å². The maximum atomic E-state index is 9.59. The molecule has 1 aromatic heterocycles. The van der Waals surface area contributed by atoms with Crippen molar-refractivity contribution in [1.29, 1.82) is 0 Å². The summed E-state index contributed by atoms with van der Waals surface area (Å²) in [5.41, 5.74) is 3.85. The van der Waals surface area contributed by atoms with Crippen molar-refractivity contribution in [1.82, 2.24) is 19.6 Å². The predicted molar refractivity (Wildman–Crippen MR) is 111 cm³/mol. The summed E-state index contributed by atoms with van der Waals surface area (Å²) in [7, 11) is 1.71. The SMILES string of the molecule is CCCn1ncc(CN2CCN(Cc3cccc(OC)c3)[C@@H](CCO)C2)c1C. The maximum Gasteiger partial charge on any atom is 0.119 e. The zero-order chi connectivity index (χ0) is 19.9. The zero-order valence-corrected chi connectivity index (χ0v) is 17.5. The number of aliphatic hydroxyl groups is 1. The topological polar surface area (TPSA) is 53.8 Å². The van der Waals surface area contributed by atoms with Gasteiger partial charge in [0, 0.05) is 63.2 Å². The fourth-order valence-electron chi connectivity index (χ4n) is 4.06. The van der Waals surface area contributed by atoms with Crippen LogP contribution in [0.25, 0.3) is 0 Å². The molecule has 0 spiro atoms. The van der Waals surface area contributed by atoms with E-state index >= 15 is 0 Å². The molecule has 1 aliphatic heterocycles. The Balaban J connectivity index is 1.63. The Hall–Kier alpha value is -1.89. The first-order valence-corrected chi connectivity index (χ1v) is 10.4. The van der Waals surface area contributed by atoms with Crippen LogP contribution in [0.1, 0.15) is 36.6 Å². The molecule has 1 atom stereocenters. The highest BCUT2D eigenvalue weighted by molar-refractivity contribution is 5.28. The molecule has 28 heavy (non-hydrogen) atoms. The molecule has 3 rings (SSSR count). The van der Waals surface area contributed by atoms with Gasteiger partial charge in [0.05, 0.1) is 13.3 Å². The summed E-state index contributed by atoms with van der Waals surface area (Å²) in [6, 6.07) is 8.64. The van der Waals surface area contributed by atoms with Crippen molar-refractivity contribution in [3.8, 4) is 5.75 Å². The third-order valence-electron chi connectivity index (χ3n) is 5.71. The van der Waals surface area contributed by atoms with Gasteiger partial charge in [-0.15, -0.1) is 0 Å². The van der Waals surface area contributed by atoms with Gasteiger partial charge in [0.25, 0.3) is 0 Å². The molecule has 0 radical (unpaired) electrons. The number of aryl methyl sites for hydroxylation is 1. The molecule has 1 aliphatic rings. The third kappa shape index (κ3) is 5.13. The van der Waals surface area contributed by atoms with Gasteiger partial charge >= 0.3 is 0 Å². The van der Waals surface area contributed by atoms with E-state index in [-0.39, 0.29) is 6.61 Å². The van der Waals surface area contributed by atoms with Gasteiger partial charge in [-0.1, -0.05) is 19.1 Å². The molecule has 0 amide bonds. The van der Waals surface area contributed by atoms with Gasteiger partial charge in [-0.3, -0.25) is 14.5 Å². The number of nitrogens with zero attached hydrogens (tertiary/aromatic N) is 4. The van der Waals surface area contributed by atoms with E-state index in [0.29, 0.717) is 6.04 Å². The van der Waals surface area contributed by atoms with E-state index in [1.165, 1.54) is 16.8 Å². The summed E-state index contributed by atoms with van der Waals surface area (Å²) in [5.74, 6) is 0.898. The molecule has 2 aromatic rings. The van der Waals surface area contributed by atoms with Crippen LogP contribution in [0.4, 0.5) is 0 Å². The highest BCUT2D eigenvalue weighted by atomic mass is 16.5. The Morgan fingerprint density at radius 2 is 2.11 bits per heavy atom. The van der Waals surface area contributed by atoms with Crippen molar-refractivity contribution in [2.45, 2.75) is 52.4 Å². The number of piperazine rings is 1. The molecule has 1 saturated heterocycles. The molecule has 2 heterocycles. The fourth-order valence-corrected chi connectivity index (χ4v) is 4.06. The highest BCUT2D eigenvalue weighted by Crippen LogP contribution is 2.21. The number of rotatable bonds is 9. The summed E-state index contributed by atoms with van der Waals surface area (Å²) in [5, 5.41) is 14.1. The standard InChI is InChI=1S/C22H34N4O2/c1-4-9-26-18(2)20(14-23-26)16-24-10-11-25(21(17-24)8-12-27)15-19-6-5-7-22(13-19)28-3/h5-7,13-14,21,27H,4,8-12,15-17H2,1-3H3/t21-/m0/s1. The molecule has 1 aromatic carbocycles. The molecular weight excluding hydrogens is 352 g/mol. The van der Waals surface area contributed by atoms with E-state index in [9.17, 15) is 5.11 Å². The number of benzene rings is 1. The average molecular weight is 387 g/mol. The molecule has 6 nitrogen and oxygen atoms in total. The minimum atomic E-state index is 0.223. The Bertz CT molecular complexity index is 746. The Kier molecular flexibility index (Phi) is 7.48. The number of hydrogen-bond acceptors (Lipinski definition) is 5. The molecular formula is C22H34N4O2. The average Bonchev–Trinajstić information content (AvgIpc) is 3.04. The van der Waals surface area contributed by atoms with Crippen LogP contribution in [0.2, 0.25) is 0 Å². The number of hydrogen-bond donors (Lipinski definition) is 1. The summed E-state index contributed by atoms with van der Waals surface area (Å²) < 4.78 is 7.47. The van der Waals surface area contributed by atoms with Gasteiger partial charge in [0.1, 0.15) is 5.75 Å². The van der Waals surface area contributed by atoms with Gasteiger partial charge < -0.3 is 9.84 Å². The first kappa shape index (κ1) is 20.8. The smallest absolute Gasteiger partial charge is 0.119 e. The third-order valence-corrected chi connectivity index (χ3v) is 5.71. The Morgan fingerprint density at radius 3 is 2.86 bits per heavy atom. The number of aliphatic hydroxyl groups excluding tert-OH is 1. The summed E-state index contributed by atoms with van der Waals surface area (Å²) >= 11 is 0. The van der Waals surface area contributed by atoms with E-state index in [2.05, 4.69) is 45.6 Å². The second kappa shape index (κ2) is 10.0. The van der Waals surface area contributed by atoms with E-state index < -0.39 is 0 Å². The van der Waals surface area contributed by atoms with Crippen molar-refractivity contribution < 1.29 is 9.84 Å². The summed E-state index contributed by atoms with van der Waals surface area (Å²) in [6.07, 6.45) is 3.92. The molecule has 0 aliphatic carbocycles. The van der Waals surface area contributed by atoms with Crippen LogP contribution in [-0.4, -0.2) is 64.1 Å². The Labute approximate surface area is 168 Å². The van der Waals surface area contributed by atoms with E-state index in [1.54, 1.807) is 7.11 Å². The van der Waals surface area contributed by atoms with Crippen LogP contribution in [0, 0.1) is 6.92 Å². The van der Waals surface area contributed by atoms with Gasteiger partial charge in [0.2, 0.25) is 0 Å². The van der Waals surface area contributed by atoms with Gasteiger partial charge in [-0.05, 0) is 37.5 Å². The molecule has 154 valence electrons. The lowest BCUT2D eigenvalue weighted by Crippen LogP contribution is -2.52. The van der Waals surface area contributed by atoms with Crippen LogP contribution >= 0.6 is 0 Å². The van der Waals surface area contributed by atoms with Crippen molar-refractivity contribution >= 4 is 0 Å². The van der Waals surface area contributed by atoms with Gasteiger partial charge in [-0.2, -0.15) is 5.10 Å². The van der Waals surface area contributed by atoms with Crippen LogP contribution < -0.4 is 4.74 Å². The molecule has 0 bridgehead atoms. The van der Waals surface area contributed by atoms with Gasteiger partial charge in [-0.25, -0.2) is 0 Å². The zero-order valence-electron chi connectivity index (χ0n) is 17.5. The molecule has 0 saturated carbocycles. The summed E-state index contributed by atoms with van der Waals surface area (Å²) in [6.45, 7) is 10.4. The minimum absolute atomic E-state index is 0.223. The van der Waals surface area contributed by atoms with Gasteiger partial charge in [0.15, 0.2) is 0 Å². The number of ether oxygens (including phenoxy) is 1. The molecule has 6 heteroatoms. The minimum Gasteiger partial charge on any atom is -0.497 e. The monoisotopic (exact) mass is 386 g/mol. The largest absolute Gasteiger partial charge is 0.497 e. The van der Waals surface area contributed by atoms with Crippen molar-refractivity contribution in [3.05, 3.63) is 47.3 Å². The lowest BCUT2D eigenvalue weighted by Gasteiger charge is -2.41. The first-order valence-electron chi connectivity index (χ1n) is 10.4. The molecule has 1 N–H and O–H groups in total. The molecule has 0 unspecified atom stereocenters. The number of methoxy groups -OCH3 is 1. The quantitative estimate of drug-likeness (QED) is 0.718. The van der Waals surface area contributed by atoms with E-state index in [1.807, 2.05) is 18.3 Å². The first-order chi connectivity index (χ1) is 13.6. The van der Waals surface area contributed by atoms with E-state index in [4.69, 9.17) is 4.74 Å². The lowest BCUT2D eigenvalue weighted by molar-refractivity contribution is 0.0498. The van der Waals surface area contributed by atoms with Crippen LogP contribution in [-0.2, 0) is 19.6 Å². The Morgan fingerprint density at radius 1 is 1.25 bits per heavy atom. The fraction of sp³-hybridized carbons (Fsp3) is 0.591. The van der Waals surface area contributed by atoms with Crippen molar-refractivity contribution in [2.75, 3.05) is 33.4 Å². The highest BCUT2D eigenvalue weighted by Gasteiger charge is 2.27. The van der Waals surface area contributed by atoms with Crippen LogP contribution in [0.15, 0.2) is 30.5 Å². The van der Waals surface area contributed by atoms with Crippen molar-refractivity contribution in [3.63, 3.8) is 0 Å². The predicted octanol–water partition coefficient (Wildman–Crippen LogP) is 2.68. The second-order valence-corrected chi connectivity index (χ2v) is 7.70. The second-order valence-electron chi connectivity index (χ2n) is 7.70. The van der Waals surface area contributed by atoms with E-state index in [0.717, 1.165) is 57.9 Å². The lowest BCUT2D eigenvalue weighted by atomic mass is 10.1. The number of aromatic nitrogens is 2. The molecule has 1 fully saturated rings. The maximum absolute atomic E-state index is 9.59.